The van der Waals surface area contributed by atoms with Crippen LogP contribution in [0.3, 0.4) is 0 Å². The molecular formula is C30H37NO7. The summed E-state index contributed by atoms with van der Waals surface area (Å²) in [6.45, 7) is 17.8. The van der Waals surface area contributed by atoms with Crippen molar-refractivity contribution in [2.24, 2.45) is 16.7 Å². The van der Waals surface area contributed by atoms with Gasteiger partial charge in [0.15, 0.2) is 5.76 Å². The highest BCUT2D eigenvalue weighted by Gasteiger charge is 2.63. The maximum atomic E-state index is 14.0. The summed E-state index contributed by atoms with van der Waals surface area (Å²) in [7, 11) is 1.49. The Morgan fingerprint density at radius 1 is 1.24 bits per heavy atom. The first-order chi connectivity index (χ1) is 17.9. The van der Waals surface area contributed by atoms with Crippen LogP contribution >= 0.6 is 0 Å². The molecule has 1 heterocycles. The molecule has 0 aromatic carbocycles. The molecule has 4 aliphatic rings. The Kier molecular flexibility index (Phi) is 7.32. The van der Waals surface area contributed by atoms with Gasteiger partial charge in [0.1, 0.15) is 12.2 Å². The summed E-state index contributed by atoms with van der Waals surface area (Å²) in [4.78, 5) is 41.5. The first kappa shape index (κ1) is 27.6. The Labute approximate surface area is 224 Å². The zero-order valence-corrected chi connectivity index (χ0v) is 22.7. The monoisotopic (exact) mass is 523 g/mol. The van der Waals surface area contributed by atoms with Crippen LogP contribution in [-0.4, -0.2) is 66.7 Å². The van der Waals surface area contributed by atoms with Crippen LogP contribution in [0.5, 0.6) is 0 Å². The molecule has 1 saturated carbocycles. The quantitative estimate of drug-likeness (QED) is 0.288. The second kappa shape index (κ2) is 10.1. The van der Waals surface area contributed by atoms with Gasteiger partial charge in [-0.1, -0.05) is 31.2 Å². The minimum Gasteiger partial charge on any atom is -0.504 e. The van der Waals surface area contributed by atoms with E-state index in [1.165, 1.54) is 14.0 Å². The third-order valence-corrected chi connectivity index (χ3v) is 8.70. The number of allylic oxidation sites excluding steroid dienone is 2. The van der Waals surface area contributed by atoms with Crippen molar-refractivity contribution in [1.82, 2.24) is 4.90 Å². The van der Waals surface area contributed by atoms with Crippen molar-refractivity contribution < 1.29 is 33.7 Å². The Bertz CT molecular complexity index is 1200. The molecule has 8 nitrogen and oxygen atoms in total. The first-order valence-corrected chi connectivity index (χ1v) is 12.9. The minimum absolute atomic E-state index is 0.0156. The van der Waals surface area contributed by atoms with Crippen molar-refractivity contribution in [1.29, 1.82) is 0 Å². The highest BCUT2D eigenvalue weighted by atomic mass is 16.6. The molecule has 0 aromatic heterocycles. The van der Waals surface area contributed by atoms with Gasteiger partial charge >= 0.3 is 11.9 Å². The molecule has 1 saturated heterocycles. The molecule has 1 N–H and O–H groups in total. The summed E-state index contributed by atoms with van der Waals surface area (Å²) in [5, 5.41) is 11.6. The summed E-state index contributed by atoms with van der Waals surface area (Å²) in [6.07, 6.45) is 5.14. The van der Waals surface area contributed by atoms with Gasteiger partial charge in [-0.2, -0.15) is 0 Å². The second-order valence-electron chi connectivity index (χ2n) is 10.9. The summed E-state index contributed by atoms with van der Waals surface area (Å²) in [6, 6.07) is 0. The van der Waals surface area contributed by atoms with E-state index in [4.69, 9.17) is 14.2 Å². The number of methoxy groups -OCH3 is 1. The normalized spacial score (nSPS) is 33.4. The standard InChI is InChI=1S/C30H37NO7/c1-8-12-31(13-9-2)15-19-24-27(34)26(33)23-20-11-10-17(3)29(20,5)14-21(37-18(4)32)25(23)30(24,6)22(16-36-7)38-28(19)35/h8-9,15,20-22,34H,1-3,10-14,16H2,4-7H3/b19-15+/t20-,21+,22+,29+,30-/m0/s1. The molecule has 8 heteroatoms. The van der Waals surface area contributed by atoms with Crippen LogP contribution in [0.1, 0.15) is 40.0 Å². The van der Waals surface area contributed by atoms with Gasteiger partial charge in [-0.3, -0.25) is 9.59 Å². The van der Waals surface area contributed by atoms with Crippen molar-refractivity contribution in [3.05, 3.63) is 71.7 Å². The Hall–Kier alpha value is -3.39. The molecule has 2 fully saturated rings. The van der Waals surface area contributed by atoms with E-state index in [0.29, 0.717) is 37.1 Å². The number of rotatable bonds is 8. The molecule has 0 bridgehead atoms. The largest absolute Gasteiger partial charge is 0.504 e. The van der Waals surface area contributed by atoms with Crippen molar-refractivity contribution in [2.45, 2.75) is 52.2 Å². The average molecular weight is 524 g/mol. The fourth-order valence-electron chi connectivity index (χ4n) is 6.90. The van der Waals surface area contributed by atoms with Gasteiger partial charge in [0.2, 0.25) is 5.78 Å². The Balaban J connectivity index is 2.02. The number of hydrogen-bond donors (Lipinski definition) is 1. The molecule has 0 spiro atoms. The minimum atomic E-state index is -1.19. The highest BCUT2D eigenvalue weighted by molar-refractivity contribution is 6.13. The number of esters is 2. The summed E-state index contributed by atoms with van der Waals surface area (Å²) < 4.78 is 17.3. The summed E-state index contributed by atoms with van der Waals surface area (Å²) in [5.74, 6) is -2.42. The number of cyclic esters (lactones) is 1. The van der Waals surface area contributed by atoms with Crippen molar-refractivity contribution in [2.75, 3.05) is 26.8 Å². The summed E-state index contributed by atoms with van der Waals surface area (Å²) >= 11 is 0. The van der Waals surface area contributed by atoms with Gasteiger partial charge in [-0.05, 0) is 43.1 Å². The lowest BCUT2D eigenvalue weighted by Gasteiger charge is -2.53. The Morgan fingerprint density at radius 2 is 1.89 bits per heavy atom. The van der Waals surface area contributed by atoms with Gasteiger partial charge < -0.3 is 24.2 Å². The van der Waals surface area contributed by atoms with Crippen molar-refractivity contribution >= 4 is 17.7 Å². The van der Waals surface area contributed by atoms with Crippen LogP contribution in [0, 0.1) is 16.7 Å². The Morgan fingerprint density at radius 3 is 2.47 bits per heavy atom. The molecule has 38 heavy (non-hydrogen) atoms. The molecule has 3 aliphatic carbocycles. The number of ether oxygens (including phenoxy) is 3. The van der Waals surface area contributed by atoms with Crippen molar-refractivity contribution in [3.8, 4) is 0 Å². The zero-order valence-electron chi connectivity index (χ0n) is 22.7. The smallest absolute Gasteiger partial charge is 0.340 e. The van der Waals surface area contributed by atoms with Crippen LogP contribution in [0.4, 0.5) is 0 Å². The molecular weight excluding hydrogens is 486 g/mol. The molecule has 1 aliphatic heterocycles. The van der Waals surface area contributed by atoms with E-state index in [0.717, 1.165) is 12.0 Å². The van der Waals surface area contributed by atoms with E-state index >= 15 is 0 Å². The molecule has 5 atom stereocenters. The zero-order chi connectivity index (χ0) is 28.0. The fraction of sp³-hybridized carbons (Fsp3) is 0.500. The van der Waals surface area contributed by atoms with Crippen LogP contribution in [0.25, 0.3) is 0 Å². The lowest BCUT2D eigenvalue weighted by Crippen LogP contribution is -2.56. The fourth-order valence-corrected chi connectivity index (χ4v) is 6.90. The number of aliphatic hydroxyl groups excluding tert-OH is 1. The predicted molar refractivity (Wildman–Crippen MR) is 142 cm³/mol. The van der Waals surface area contributed by atoms with Gasteiger partial charge in [0.25, 0.3) is 0 Å². The average Bonchev–Trinajstić information content (AvgIpc) is 3.13. The van der Waals surface area contributed by atoms with Crippen LogP contribution in [0.15, 0.2) is 71.7 Å². The maximum absolute atomic E-state index is 14.0. The van der Waals surface area contributed by atoms with Gasteiger partial charge in [-0.15, -0.1) is 13.2 Å². The molecule has 204 valence electrons. The first-order valence-electron chi connectivity index (χ1n) is 12.9. The van der Waals surface area contributed by atoms with E-state index in [1.807, 2.05) is 13.8 Å². The van der Waals surface area contributed by atoms with Crippen LogP contribution in [-0.2, 0) is 28.6 Å². The van der Waals surface area contributed by atoms with E-state index in [1.54, 1.807) is 23.3 Å². The van der Waals surface area contributed by atoms with Gasteiger partial charge in [0.05, 0.1) is 17.6 Å². The SMILES string of the molecule is C=CCN(/C=C1/C(=O)O[C@H](COC)[C@@]2(C)C1=C(O)C(=O)C1=C2[C@H](OC(C)=O)C[C@]2(C)C(=C)CC[C@@H]12)CC=C. The van der Waals surface area contributed by atoms with Crippen molar-refractivity contribution in [3.63, 3.8) is 0 Å². The number of aliphatic hydroxyl groups is 1. The lowest BCUT2D eigenvalue weighted by molar-refractivity contribution is -0.160. The molecule has 0 amide bonds. The van der Waals surface area contributed by atoms with E-state index < -0.39 is 46.5 Å². The number of nitrogens with zero attached hydrogens (tertiary/aromatic N) is 1. The number of carbonyl (C=O) groups excluding carboxylic acids is 3. The van der Waals surface area contributed by atoms with E-state index in [9.17, 15) is 19.5 Å². The lowest BCUT2D eigenvalue weighted by atomic mass is 9.53. The predicted octanol–water partition coefficient (Wildman–Crippen LogP) is 4.12. The van der Waals surface area contributed by atoms with E-state index in [2.05, 4.69) is 19.7 Å². The number of ketones is 1. The van der Waals surface area contributed by atoms with Gasteiger partial charge in [0, 0.05) is 44.5 Å². The number of Topliss-reactive ketones (excluding diaryl/α,β-unsaturated/α-hetero) is 1. The maximum Gasteiger partial charge on any atom is 0.340 e. The number of hydrogen-bond acceptors (Lipinski definition) is 8. The molecule has 0 aromatic rings. The molecule has 4 rings (SSSR count). The van der Waals surface area contributed by atoms with Crippen LogP contribution < -0.4 is 0 Å². The second-order valence-corrected chi connectivity index (χ2v) is 10.9. The number of fused-ring (bicyclic) bond motifs is 4. The highest BCUT2D eigenvalue weighted by Crippen LogP contribution is 2.64. The summed E-state index contributed by atoms with van der Waals surface area (Å²) in [5.41, 5.74) is 0.549. The topological polar surface area (TPSA) is 102 Å². The third kappa shape index (κ3) is 4.06. The third-order valence-electron chi connectivity index (χ3n) is 8.70. The van der Waals surface area contributed by atoms with Crippen LogP contribution in [0.2, 0.25) is 0 Å². The number of carbonyl (C=O) groups is 3. The van der Waals surface area contributed by atoms with Gasteiger partial charge in [-0.25, -0.2) is 4.79 Å². The molecule has 0 unspecified atom stereocenters. The van der Waals surface area contributed by atoms with E-state index in [-0.39, 0.29) is 23.7 Å². The molecule has 0 radical (unpaired) electrons.